The SMILES string of the molecule is CCC(CN=[N+]=[N-])C1N=C=N1. The van der Waals surface area contributed by atoms with Crippen molar-refractivity contribution >= 4 is 6.01 Å². The third kappa shape index (κ3) is 1.80. The van der Waals surface area contributed by atoms with Gasteiger partial charge in [-0.2, -0.15) is 9.98 Å². The van der Waals surface area contributed by atoms with Crippen LogP contribution in [0.1, 0.15) is 13.3 Å². The maximum absolute atomic E-state index is 8.06. The Balaban J connectivity index is 2.37. The summed E-state index contributed by atoms with van der Waals surface area (Å²) in [7, 11) is 0. The molecular formula is C6H9N5. The Morgan fingerprint density at radius 3 is 2.82 bits per heavy atom. The topological polar surface area (TPSA) is 73.5 Å². The van der Waals surface area contributed by atoms with E-state index in [1.165, 1.54) is 0 Å². The first-order chi connectivity index (χ1) is 5.38. The number of aliphatic imine (C=N–C) groups is 2. The summed E-state index contributed by atoms with van der Waals surface area (Å²) in [6.45, 7) is 2.51. The van der Waals surface area contributed by atoms with Gasteiger partial charge in [0.15, 0.2) is 6.17 Å². The summed E-state index contributed by atoms with van der Waals surface area (Å²) in [5.41, 5.74) is 8.06. The lowest BCUT2D eigenvalue weighted by molar-refractivity contribution is 0.418. The van der Waals surface area contributed by atoms with Crippen molar-refractivity contribution < 1.29 is 0 Å². The molecule has 0 aromatic rings. The first kappa shape index (κ1) is 7.79. The second-order valence-electron chi connectivity index (χ2n) is 2.35. The molecule has 0 radical (unpaired) electrons. The number of hydrogen-bond acceptors (Lipinski definition) is 3. The Labute approximate surface area is 64.5 Å². The van der Waals surface area contributed by atoms with Gasteiger partial charge in [-0.15, -0.1) is 0 Å². The van der Waals surface area contributed by atoms with Gasteiger partial charge in [0.1, 0.15) is 0 Å². The quantitative estimate of drug-likeness (QED) is 0.334. The van der Waals surface area contributed by atoms with Crippen molar-refractivity contribution in [3.63, 3.8) is 0 Å². The van der Waals surface area contributed by atoms with E-state index in [0.29, 0.717) is 6.54 Å². The Kier molecular flexibility index (Phi) is 2.66. The molecule has 1 heterocycles. The van der Waals surface area contributed by atoms with Gasteiger partial charge in [-0.25, -0.2) is 0 Å². The van der Waals surface area contributed by atoms with Gasteiger partial charge in [-0.05, 0) is 12.0 Å². The molecule has 0 bridgehead atoms. The van der Waals surface area contributed by atoms with Gasteiger partial charge in [-0.3, -0.25) is 0 Å². The lowest BCUT2D eigenvalue weighted by Crippen LogP contribution is -2.21. The van der Waals surface area contributed by atoms with Crippen LogP contribution in [0.4, 0.5) is 0 Å². The van der Waals surface area contributed by atoms with Gasteiger partial charge in [0, 0.05) is 17.4 Å². The lowest BCUT2D eigenvalue weighted by Gasteiger charge is -2.17. The summed E-state index contributed by atoms with van der Waals surface area (Å²) in [5.74, 6) is 0.257. The predicted octanol–water partition coefficient (Wildman–Crippen LogP) is 1.84. The van der Waals surface area contributed by atoms with E-state index < -0.39 is 0 Å². The standard InChI is InChI=1S/C6H9N5/c1-2-5(3-10-11-7)6-8-4-9-6/h5-6H,2-3H2,1H3. The van der Waals surface area contributed by atoms with Crippen LogP contribution in [0, 0.1) is 5.92 Å². The van der Waals surface area contributed by atoms with Crippen LogP contribution < -0.4 is 0 Å². The number of nitrogens with zero attached hydrogens (tertiary/aromatic N) is 5. The molecular weight excluding hydrogens is 142 g/mol. The molecule has 5 nitrogen and oxygen atoms in total. The number of azide groups is 1. The molecule has 0 saturated carbocycles. The van der Waals surface area contributed by atoms with Crippen LogP contribution in [0.25, 0.3) is 10.4 Å². The van der Waals surface area contributed by atoms with E-state index >= 15 is 0 Å². The van der Waals surface area contributed by atoms with Crippen LogP contribution in [0.2, 0.25) is 0 Å². The first-order valence-electron chi connectivity index (χ1n) is 3.54. The molecule has 0 aromatic heterocycles. The Morgan fingerprint density at radius 2 is 2.45 bits per heavy atom. The number of hydrogen-bond donors (Lipinski definition) is 0. The fraction of sp³-hybridized carbons (Fsp3) is 0.833. The Hall–Kier alpha value is -1.31. The molecule has 0 aliphatic carbocycles. The minimum Gasteiger partial charge on any atom is -0.197 e. The average Bonchev–Trinajstić information content (AvgIpc) is 1.93. The van der Waals surface area contributed by atoms with Crippen LogP contribution >= 0.6 is 0 Å². The van der Waals surface area contributed by atoms with E-state index in [0.717, 1.165) is 6.42 Å². The molecule has 0 amide bonds. The molecule has 1 aliphatic heterocycles. The van der Waals surface area contributed by atoms with Crippen LogP contribution in [0.3, 0.4) is 0 Å². The third-order valence-corrected chi connectivity index (χ3v) is 1.71. The van der Waals surface area contributed by atoms with E-state index in [4.69, 9.17) is 5.53 Å². The molecule has 0 aromatic carbocycles. The van der Waals surface area contributed by atoms with E-state index in [1.54, 1.807) is 0 Å². The molecule has 5 heteroatoms. The molecule has 1 rings (SSSR count). The fourth-order valence-corrected chi connectivity index (χ4v) is 0.911. The Bertz CT molecular complexity index is 225. The van der Waals surface area contributed by atoms with Crippen LogP contribution in [-0.2, 0) is 0 Å². The largest absolute Gasteiger partial charge is 0.197 e. The van der Waals surface area contributed by atoms with Crippen LogP contribution in [0.5, 0.6) is 0 Å². The minimum absolute atomic E-state index is 0.00880. The Morgan fingerprint density at radius 1 is 1.73 bits per heavy atom. The van der Waals surface area contributed by atoms with Crippen LogP contribution in [-0.4, -0.2) is 18.7 Å². The van der Waals surface area contributed by atoms with E-state index in [9.17, 15) is 0 Å². The van der Waals surface area contributed by atoms with Crippen molar-refractivity contribution in [2.75, 3.05) is 6.54 Å². The molecule has 0 spiro atoms. The average molecular weight is 151 g/mol. The second-order valence-corrected chi connectivity index (χ2v) is 2.35. The molecule has 1 unspecified atom stereocenters. The highest BCUT2D eigenvalue weighted by molar-refractivity contribution is 5.47. The van der Waals surface area contributed by atoms with Crippen LogP contribution in [0.15, 0.2) is 15.1 Å². The predicted molar refractivity (Wildman–Crippen MR) is 41.4 cm³/mol. The van der Waals surface area contributed by atoms with Gasteiger partial charge < -0.3 is 0 Å². The zero-order valence-electron chi connectivity index (χ0n) is 6.30. The van der Waals surface area contributed by atoms with E-state index in [-0.39, 0.29) is 12.1 Å². The third-order valence-electron chi connectivity index (χ3n) is 1.71. The summed E-state index contributed by atoms with van der Waals surface area (Å²) >= 11 is 0. The maximum atomic E-state index is 8.06. The summed E-state index contributed by atoms with van der Waals surface area (Å²) in [6, 6.07) is 2.47. The smallest absolute Gasteiger partial charge is 0.164 e. The lowest BCUT2D eigenvalue weighted by atomic mass is 10.0. The van der Waals surface area contributed by atoms with Crippen molar-refractivity contribution in [2.45, 2.75) is 19.5 Å². The molecule has 1 atom stereocenters. The normalized spacial score (nSPS) is 17.2. The second kappa shape index (κ2) is 3.76. The van der Waals surface area contributed by atoms with Crippen molar-refractivity contribution in [1.29, 1.82) is 0 Å². The number of rotatable bonds is 4. The van der Waals surface area contributed by atoms with Crippen molar-refractivity contribution in [3.05, 3.63) is 10.4 Å². The molecule has 1 aliphatic rings. The minimum atomic E-state index is -0.00880. The van der Waals surface area contributed by atoms with Gasteiger partial charge in [-0.1, -0.05) is 12.0 Å². The highest BCUT2D eigenvalue weighted by Crippen LogP contribution is 2.16. The molecule has 0 saturated heterocycles. The highest BCUT2D eigenvalue weighted by Gasteiger charge is 2.19. The maximum Gasteiger partial charge on any atom is 0.164 e. The van der Waals surface area contributed by atoms with Gasteiger partial charge in [0.25, 0.3) is 0 Å². The fourth-order valence-electron chi connectivity index (χ4n) is 0.911. The van der Waals surface area contributed by atoms with E-state index in [1.807, 2.05) is 6.92 Å². The van der Waals surface area contributed by atoms with Crippen molar-refractivity contribution in [2.24, 2.45) is 21.0 Å². The van der Waals surface area contributed by atoms with Gasteiger partial charge >= 0.3 is 0 Å². The summed E-state index contributed by atoms with van der Waals surface area (Å²) in [4.78, 5) is 10.5. The zero-order valence-corrected chi connectivity index (χ0v) is 6.30. The molecule has 0 fully saturated rings. The summed E-state index contributed by atoms with van der Waals surface area (Å²) in [6.07, 6.45) is 0.920. The summed E-state index contributed by atoms with van der Waals surface area (Å²) in [5, 5.41) is 3.48. The van der Waals surface area contributed by atoms with Crippen molar-refractivity contribution in [1.82, 2.24) is 0 Å². The molecule has 0 N–H and O–H groups in total. The molecule has 58 valence electrons. The first-order valence-corrected chi connectivity index (χ1v) is 3.54. The van der Waals surface area contributed by atoms with Crippen molar-refractivity contribution in [3.8, 4) is 0 Å². The highest BCUT2D eigenvalue weighted by atomic mass is 15.1. The van der Waals surface area contributed by atoms with E-state index in [2.05, 4.69) is 26.0 Å². The molecule has 11 heavy (non-hydrogen) atoms. The van der Waals surface area contributed by atoms with Gasteiger partial charge in [0.05, 0.1) is 6.01 Å². The monoisotopic (exact) mass is 151 g/mol. The zero-order chi connectivity index (χ0) is 8.10. The van der Waals surface area contributed by atoms with Gasteiger partial charge in [0.2, 0.25) is 0 Å². The summed E-state index contributed by atoms with van der Waals surface area (Å²) < 4.78 is 0.